The first-order valence-electron chi connectivity index (χ1n) is 10.0. The summed E-state index contributed by atoms with van der Waals surface area (Å²) in [5, 5.41) is 8.73. The zero-order valence-electron chi connectivity index (χ0n) is 16.8. The average Bonchev–Trinajstić information content (AvgIpc) is 2.74. The molecule has 30 heavy (non-hydrogen) atoms. The lowest BCUT2D eigenvalue weighted by Crippen LogP contribution is -2.45. The summed E-state index contributed by atoms with van der Waals surface area (Å²) in [6.07, 6.45) is 2.92. The van der Waals surface area contributed by atoms with Gasteiger partial charge in [-0.25, -0.2) is 4.79 Å². The van der Waals surface area contributed by atoms with Crippen molar-refractivity contribution < 1.29 is 14.4 Å². The number of hydrogen-bond donors (Lipinski definition) is 3. The number of halogens is 1. The number of urea groups is 1. The lowest BCUT2D eigenvalue weighted by atomic mass is 10.1. The molecule has 3 rings (SSSR count). The Kier molecular flexibility index (Phi) is 7.30. The Bertz CT molecular complexity index is 900. The van der Waals surface area contributed by atoms with E-state index in [4.69, 9.17) is 11.6 Å². The quantitative estimate of drug-likeness (QED) is 0.637. The molecule has 2 aromatic rings. The standard InChI is InChI=1S/C22H25ClN4O3/c1-2-19(26-22(30)25-17-8-6-15(23)7-9-17)21(29)24-16-10-12-18(13-11-16)27-14-4-3-5-20(27)28/h6-13,19H,2-5,14H2,1H3,(H,24,29)(H2,25,26,30). The van der Waals surface area contributed by atoms with Crippen LogP contribution in [-0.2, 0) is 9.59 Å². The van der Waals surface area contributed by atoms with Gasteiger partial charge in [0.15, 0.2) is 0 Å². The molecule has 2 aromatic carbocycles. The van der Waals surface area contributed by atoms with Crippen LogP contribution in [0.4, 0.5) is 21.9 Å². The molecule has 1 fully saturated rings. The highest BCUT2D eigenvalue weighted by Crippen LogP contribution is 2.23. The number of amides is 4. The van der Waals surface area contributed by atoms with Gasteiger partial charge < -0.3 is 20.9 Å². The minimum absolute atomic E-state index is 0.125. The molecule has 1 atom stereocenters. The predicted octanol–water partition coefficient (Wildman–Crippen LogP) is 4.40. The fourth-order valence-electron chi connectivity index (χ4n) is 3.24. The third-order valence-electron chi connectivity index (χ3n) is 4.90. The van der Waals surface area contributed by atoms with Crippen molar-refractivity contribution in [3.63, 3.8) is 0 Å². The van der Waals surface area contributed by atoms with Crippen LogP contribution < -0.4 is 20.9 Å². The number of anilines is 3. The third-order valence-corrected chi connectivity index (χ3v) is 5.15. The summed E-state index contributed by atoms with van der Waals surface area (Å²) in [6, 6.07) is 12.7. The lowest BCUT2D eigenvalue weighted by molar-refractivity contribution is -0.119. The second-order valence-electron chi connectivity index (χ2n) is 7.10. The molecule has 7 nitrogen and oxygen atoms in total. The molecule has 0 radical (unpaired) electrons. The summed E-state index contributed by atoms with van der Waals surface area (Å²) in [5.41, 5.74) is 2.01. The van der Waals surface area contributed by atoms with Gasteiger partial charge in [-0.3, -0.25) is 9.59 Å². The van der Waals surface area contributed by atoms with Crippen LogP contribution in [0.5, 0.6) is 0 Å². The topological polar surface area (TPSA) is 90.5 Å². The van der Waals surface area contributed by atoms with Crippen LogP contribution in [0, 0.1) is 0 Å². The van der Waals surface area contributed by atoms with Gasteiger partial charge in [0, 0.05) is 35.1 Å². The van der Waals surface area contributed by atoms with Crippen LogP contribution in [-0.4, -0.2) is 30.4 Å². The molecule has 3 N–H and O–H groups in total. The van der Waals surface area contributed by atoms with Crippen LogP contribution in [0.2, 0.25) is 5.02 Å². The van der Waals surface area contributed by atoms with Gasteiger partial charge in [0.25, 0.3) is 0 Å². The summed E-state index contributed by atoms with van der Waals surface area (Å²) >= 11 is 5.83. The van der Waals surface area contributed by atoms with Crippen LogP contribution in [0.3, 0.4) is 0 Å². The number of carbonyl (C=O) groups is 3. The Hall–Kier alpha value is -3.06. The Morgan fingerprint density at radius 1 is 1.00 bits per heavy atom. The van der Waals surface area contributed by atoms with E-state index in [-0.39, 0.29) is 11.8 Å². The highest BCUT2D eigenvalue weighted by Gasteiger charge is 2.21. The molecule has 1 heterocycles. The van der Waals surface area contributed by atoms with Crippen LogP contribution >= 0.6 is 11.6 Å². The van der Waals surface area contributed by atoms with Crippen molar-refractivity contribution in [3.8, 4) is 0 Å². The minimum Gasteiger partial charge on any atom is -0.326 e. The first-order chi connectivity index (χ1) is 14.5. The number of carbonyl (C=O) groups excluding carboxylic acids is 3. The van der Waals surface area contributed by atoms with E-state index in [1.54, 1.807) is 41.3 Å². The smallest absolute Gasteiger partial charge is 0.319 e. The highest BCUT2D eigenvalue weighted by molar-refractivity contribution is 6.30. The molecular formula is C22H25ClN4O3. The zero-order chi connectivity index (χ0) is 21.5. The number of nitrogens with zero attached hydrogens (tertiary/aromatic N) is 1. The second kappa shape index (κ2) is 10.1. The van der Waals surface area contributed by atoms with Gasteiger partial charge in [-0.05, 0) is 67.8 Å². The second-order valence-corrected chi connectivity index (χ2v) is 7.54. The number of hydrogen-bond acceptors (Lipinski definition) is 3. The first kappa shape index (κ1) is 21.6. The monoisotopic (exact) mass is 428 g/mol. The zero-order valence-corrected chi connectivity index (χ0v) is 17.5. The summed E-state index contributed by atoms with van der Waals surface area (Å²) < 4.78 is 0. The van der Waals surface area contributed by atoms with Crippen molar-refractivity contribution in [2.45, 2.75) is 38.6 Å². The molecule has 0 bridgehead atoms. The van der Waals surface area contributed by atoms with Crippen LogP contribution in [0.1, 0.15) is 32.6 Å². The van der Waals surface area contributed by atoms with Crippen molar-refractivity contribution in [3.05, 3.63) is 53.6 Å². The minimum atomic E-state index is -0.694. The lowest BCUT2D eigenvalue weighted by Gasteiger charge is -2.27. The molecule has 158 valence electrons. The molecule has 1 aliphatic rings. The predicted molar refractivity (Wildman–Crippen MR) is 119 cm³/mol. The molecule has 0 aromatic heterocycles. The summed E-state index contributed by atoms with van der Waals surface area (Å²) in [4.78, 5) is 38.6. The maximum absolute atomic E-state index is 12.6. The van der Waals surface area contributed by atoms with Gasteiger partial charge >= 0.3 is 6.03 Å². The maximum atomic E-state index is 12.6. The number of piperidine rings is 1. The fraction of sp³-hybridized carbons (Fsp3) is 0.318. The summed E-state index contributed by atoms with van der Waals surface area (Å²) in [6.45, 7) is 2.53. The van der Waals surface area contributed by atoms with E-state index in [9.17, 15) is 14.4 Å². The van der Waals surface area contributed by atoms with Crippen molar-refractivity contribution in [1.29, 1.82) is 0 Å². The molecule has 0 spiro atoms. The molecule has 0 saturated carbocycles. The average molecular weight is 429 g/mol. The van der Waals surface area contributed by atoms with E-state index < -0.39 is 12.1 Å². The van der Waals surface area contributed by atoms with Gasteiger partial charge in [0.05, 0.1) is 0 Å². The highest BCUT2D eigenvalue weighted by atomic mass is 35.5. The van der Waals surface area contributed by atoms with E-state index in [2.05, 4.69) is 16.0 Å². The largest absolute Gasteiger partial charge is 0.326 e. The van der Waals surface area contributed by atoms with Crippen molar-refractivity contribution in [2.75, 3.05) is 22.1 Å². The van der Waals surface area contributed by atoms with Gasteiger partial charge in [0.1, 0.15) is 6.04 Å². The Labute approximate surface area is 180 Å². The van der Waals surface area contributed by atoms with E-state index in [1.807, 2.05) is 19.1 Å². The first-order valence-corrected chi connectivity index (χ1v) is 10.4. The van der Waals surface area contributed by atoms with E-state index in [0.717, 1.165) is 25.1 Å². The maximum Gasteiger partial charge on any atom is 0.319 e. The normalized spacial score (nSPS) is 14.7. The van der Waals surface area contributed by atoms with E-state index in [0.29, 0.717) is 29.2 Å². The van der Waals surface area contributed by atoms with Crippen molar-refractivity contribution in [1.82, 2.24) is 5.32 Å². The molecular weight excluding hydrogens is 404 g/mol. The van der Waals surface area contributed by atoms with Crippen LogP contribution in [0.15, 0.2) is 48.5 Å². The molecule has 1 saturated heterocycles. The van der Waals surface area contributed by atoms with Gasteiger partial charge in [-0.15, -0.1) is 0 Å². The Morgan fingerprint density at radius 2 is 1.63 bits per heavy atom. The third kappa shape index (κ3) is 5.73. The van der Waals surface area contributed by atoms with Crippen molar-refractivity contribution in [2.24, 2.45) is 0 Å². The van der Waals surface area contributed by atoms with Gasteiger partial charge in [-0.2, -0.15) is 0 Å². The van der Waals surface area contributed by atoms with Crippen LogP contribution in [0.25, 0.3) is 0 Å². The van der Waals surface area contributed by atoms with E-state index in [1.165, 1.54) is 0 Å². The molecule has 4 amide bonds. The molecule has 1 unspecified atom stereocenters. The van der Waals surface area contributed by atoms with E-state index >= 15 is 0 Å². The molecule has 1 aliphatic heterocycles. The molecule has 8 heteroatoms. The SMILES string of the molecule is CCC(NC(=O)Nc1ccc(Cl)cc1)C(=O)Nc1ccc(N2CCCCC2=O)cc1. The Balaban J connectivity index is 1.55. The Morgan fingerprint density at radius 3 is 2.27 bits per heavy atom. The summed E-state index contributed by atoms with van der Waals surface area (Å²) in [5.74, 6) is -0.189. The molecule has 0 aliphatic carbocycles. The number of rotatable bonds is 6. The van der Waals surface area contributed by atoms with Gasteiger partial charge in [-0.1, -0.05) is 18.5 Å². The van der Waals surface area contributed by atoms with Gasteiger partial charge in [0.2, 0.25) is 11.8 Å². The number of benzene rings is 2. The summed E-state index contributed by atoms with van der Waals surface area (Å²) in [7, 11) is 0. The number of nitrogens with one attached hydrogen (secondary N) is 3. The van der Waals surface area contributed by atoms with Crippen molar-refractivity contribution >= 4 is 46.5 Å². The fourth-order valence-corrected chi connectivity index (χ4v) is 3.37.